The third kappa shape index (κ3) is 4.52. The molecule has 0 aromatic carbocycles. The maximum Gasteiger partial charge on any atom is 0.433 e. The number of nitrogens with zero attached hydrogens (tertiary/aromatic N) is 2. The minimum atomic E-state index is -4.40. The van der Waals surface area contributed by atoms with Crippen LogP contribution in [0.2, 0.25) is 0 Å². The molecule has 1 N–H and O–H groups in total. The van der Waals surface area contributed by atoms with Gasteiger partial charge >= 0.3 is 6.18 Å². The van der Waals surface area contributed by atoms with Crippen LogP contribution in [0.1, 0.15) is 19.5 Å². The summed E-state index contributed by atoms with van der Waals surface area (Å²) in [4.78, 5) is 5.63. The Balaban J connectivity index is 2.53. The van der Waals surface area contributed by atoms with Crippen LogP contribution in [0.5, 0.6) is 0 Å². The van der Waals surface area contributed by atoms with Crippen molar-refractivity contribution in [2.75, 3.05) is 25.5 Å². The standard InChI is InChI=1S/C12H18F3N3/c1-9(2)18(3)8-7-16-11-6-4-5-10(17-11)12(13,14)15/h4-6,9H,7-8H2,1-3H3,(H,16,17). The van der Waals surface area contributed by atoms with E-state index in [1.165, 1.54) is 12.1 Å². The lowest BCUT2D eigenvalue weighted by Gasteiger charge is -2.21. The molecule has 0 bridgehead atoms. The number of hydrogen-bond acceptors (Lipinski definition) is 3. The molecule has 0 radical (unpaired) electrons. The van der Waals surface area contributed by atoms with Crippen LogP contribution in [-0.2, 0) is 6.18 Å². The van der Waals surface area contributed by atoms with Gasteiger partial charge < -0.3 is 10.2 Å². The Morgan fingerprint density at radius 3 is 2.56 bits per heavy atom. The fraction of sp³-hybridized carbons (Fsp3) is 0.583. The van der Waals surface area contributed by atoms with Gasteiger partial charge in [0.05, 0.1) is 0 Å². The van der Waals surface area contributed by atoms with E-state index in [1.54, 1.807) is 0 Å². The van der Waals surface area contributed by atoms with E-state index in [9.17, 15) is 13.2 Å². The summed E-state index contributed by atoms with van der Waals surface area (Å²) in [6, 6.07) is 4.25. The number of aromatic nitrogens is 1. The van der Waals surface area contributed by atoms with Crippen LogP contribution in [0.25, 0.3) is 0 Å². The van der Waals surface area contributed by atoms with E-state index >= 15 is 0 Å². The first-order valence-electron chi connectivity index (χ1n) is 5.79. The first-order chi connectivity index (χ1) is 8.30. The molecule has 18 heavy (non-hydrogen) atoms. The van der Waals surface area contributed by atoms with Crippen molar-refractivity contribution < 1.29 is 13.2 Å². The van der Waals surface area contributed by atoms with Crippen molar-refractivity contribution in [2.24, 2.45) is 0 Å². The molecule has 3 nitrogen and oxygen atoms in total. The van der Waals surface area contributed by atoms with Gasteiger partial charge in [-0.25, -0.2) is 4.98 Å². The zero-order valence-electron chi connectivity index (χ0n) is 10.8. The average Bonchev–Trinajstić information content (AvgIpc) is 2.28. The smallest absolute Gasteiger partial charge is 0.369 e. The van der Waals surface area contributed by atoms with Crippen molar-refractivity contribution in [3.8, 4) is 0 Å². The van der Waals surface area contributed by atoms with E-state index in [1.807, 2.05) is 7.05 Å². The number of halogens is 3. The maximum atomic E-state index is 12.4. The van der Waals surface area contributed by atoms with Crippen molar-refractivity contribution in [2.45, 2.75) is 26.1 Å². The van der Waals surface area contributed by atoms with Gasteiger partial charge in [0.1, 0.15) is 11.5 Å². The molecule has 0 unspecified atom stereocenters. The molecule has 1 heterocycles. The summed E-state index contributed by atoms with van der Waals surface area (Å²) in [5.74, 6) is 0.252. The highest BCUT2D eigenvalue weighted by atomic mass is 19.4. The van der Waals surface area contributed by atoms with Crippen LogP contribution in [-0.4, -0.2) is 36.1 Å². The first-order valence-corrected chi connectivity index (χ1v) is 5.79. The van der Waals surface area contributed by atoms with Crippen LogP contribution in [0.15, 0.2) is 18.2 Å². The number of rotatable bonds is 5. The fourth-order valence-electron chi connectivity index (χ4n) is 1.31. The molecule has 0 saturated heterocycles. The molecular weight excluding hydrogens is 243 g/mol. The third-order valence-corrected chi connectivity index (χ3v) is 2.69. The molecule has 0 amide bonds. The molecule has 0 aliphatic carbocycles. The first kappa shape index (κ1) is 14.8. The number of nitrogens with one attached hydrogen (secondary N) is 1. The SMILES string of the molecule is CC(C)N(C)CCNc1cccc(C(F)(F)F)n1. The second-order valence-corrected chi connectivity index (χ2v) is 4.41. The van der Waals surface area contributed by atoms with Crippen molar-refractivity contribution in [1.82, 2.24) is 9.88 Å². The number of anilines is 1. The van der Waals surface area contributed by atoms with Crippen LogP contribution < -0.4 is 5.32 Å². The molecule has 6 heteroatoms. The Morgan fingerprint density at radius 2 is 2.00 bits per heavy atom. The van der Waals surface area contributed by atoms with Gasteiger partial charge in [-0.1, -0.05) is 6.07 Å². The minimum absolute atomic E-state index is 0.252. The molecule has 1 rings (SSSR count). The molecule has 0 aliphatic heterocycles. The highest BCUT2D eigenvalue weighted by molar-refractivity contribution is 5.35. The second-order valence-electron chi connectivity index (χ2n) is 4.41. The Kier molecular flexibility index (Phi) is 4.95. The Bertz CT molecular complexity index is 377. The van der Waals surface area contributed by atoms with Gasteiger partial charge in [-0.3, -0.25) is 0 Å². The Hall–Kier alpha value is -1.30. The van der Waals surface area contributed by atoms with Gasteiger partial charge in [-0.05, 0) is 33.0 Å². The monoisotopic (exact) mass is 261 g/mol. The lowest BCUT2D eigenvalue weighted by atomic mass is 10.3. The average molecular weight is 261 g/mol. The van der Waals surface area contributed by atoms with E-state index in [2.05, 4.69) is 29.0 Å². The van der Waals surface area contributed by atoms with Crippen LogP contribution in [0.4, 0.5) is 19.0 Å². The number of pyridine rings is 1. The molecule has 0 fully saturated rings. The normalized spacial score (nSPS) is 12.2. The fourth-order valence-corrected chi connectivity index (χ4v) is 1.31. The van der Waals surface area contributed by atoms with Gasteiger partial charge in [0.25, 0.3) is 0 Å². The summed E-state index contributed by atoms with van der Waals surface area (Å²) in [6.45, 7) is 5.42. The maximum absolute atomic E-state index is 12.4. The van der Waals surface area contributed by atoms with Crippen LogP contribution in [0.3, 0.4) is 0 Å². The predicted octanol–water partition coefficient (Wildman–Crippen LogP) is 2.85. The summed E-state index contributed by atoms with van der Waals surface area (Å²) in [5.41, 5.74) is -0.871. The second kappa shape index (κ2) is 6.04. The zero-order valence-corrected chi connectivity index (χ0v) is 10.8. The van der Waals surface area contributed by atoms with Gasteiger partial charge in [-0.15, -0.1) is 0 Å². The van der Waals surface area contributed by atoms with Crippen molar-refractivity contribution >= 4 is 5.82 Å². The summed E-state index contributed by atoms with van der Waals surface area (Å²) in [6.07, 6.45) is -4.40. The van der Waals surface area contributed by atoms with Gasteiger partial charge in [0.2, 0.25) is 0 Å². The largest absolute Gasteiger partial charge is 0.433 e. The lowest BCUT2D eigenvalue weighted by Crippen LogP contribution is -2.31. The molecule has 0 spiro atoms. The zero-order chi connectivity index (χ0) is 13.8. The number of likely N-dealkylation sites (N-methyl/N-ethyl adjacent to an activating group) is 1. The lowest BCUT2D eigenvalue weighted by molar-refractivity contribution is -0.141. The van der Waals surface area contributed by atoms with Gasteiger partial charge in [0, 0.05) is 19.1 Å². The summed E-state index contributed by atoms with van der Waals surface area (Å²) in [7, 11) is 1.96. The molecule has 0 saturated carbocycles. The van der Waals surface area contributed by atoms with E-state index in [4.69, 9.17) is 0 Å². The summed E-state index contributed by atoms with van der Waals surface area (Å²) in [5, 5.41) is 2.89. The quantitative estimate of drug-likeness (QED) is 0.883. The molecule has 1 aromatic rings. The molecule has 102 valence electrons. The van der Waals surface area contributed by atoms with Crippen molar-refractivity contribution in [3.63, 3.8) is 0 Å². The van der Waals surface area contributed by atoms with Crippen LogP contribution in [0, 0.1) is 0 Å². The highest BCUT2D eigenvalue weighted by Gasteiger charge is 2.32. The topological polar surface area (TPSA) is 28.2 Å². The van der Waals surface area contributed by atoms with E-state index < -0.39 is 11.9 Å². The van der Waals surface area contributed by atoms with E-state index in [0.29, 0.717) is 12.6 Å². The molecule has 0 atom stereocenters. The minimum Gasteiger partial charge on any atom is -0.369 e. The summed E-state index contributed by atoms with van der Waals surface area (Å²) >= 11 is 0. The third-order valence-electron chi connectivity index (χ3n) is 2.69. The highest BCUT2D eigenvalue weighted by Crippen LogP contribution is 2.27. The molecule has 1 aromatic heterocycles. The van der Waals surface area contributed by atoms with E-state index in [-0.39, 0.29) is 5.82 Å². The van der Waals surface area contributed by atoms with Crippen molar-refractivity contribution in [3.05, 3.63) is 23.9 Å². The number of hydrogen-bond donors (Lipinski definition) is 1. The van der Waals surface area contributed by atoms with Crippen molar-refractivity contribution in [1.29, 1.82) is 0 Å². The summed E-state index contributed by atoms with van der Waals surface area (Å²) < 4.78 is 37.3. The Morgan fingerprint density at radius 1 is 1.33 bits per heavy atom. The Labute approximate surface area is 105 Å². The van der Waals surface area contributed by atoms with Gasteiger partial charge in [-0.2, -0.15) is 13.2 Å². The molecule has 0 aliphatic rings. The van der Waals surface area contributed by atoms with E-state index in [0.717, 1.165) is 12.6 Å². The van der Waals surface area contributed by atoms with Crippen LogP contribution >= 0.6 is 0 Å². The predicted molar refractivity (Wildman–Crippen MR) is 65.5 cm³/mol. The van der Waals surface area contributed by atoms with Gasteiger partial charge in [0.15, 0.2) is 0 Å². The number of alkyl halides is 3. The molecular formula is C12H18F3N3.